The van der Waals surface area contributed by atoms with Crippen molar-refractivity contribution in [2.45, 2.75) is 26.7 Å². The minimum Gasteiger partial charge on any atom is -0.481 e. The molecule has 0 bridgehead atoms. The van der Waals surface area contributed by atoms with Crippen molar-refractivity contribution in [3.63, 3.8) is 0 Å². The van der Waals surface area contributed by atoms with Crippen LogP contribution in [0.15, 0.2) is 28.4 Å². The zero-order chi connectivity index (χ0) is 8.97. The summed E-state index contributed by atoms with van der Waals surface area (Å²) < 4.78 is 5.15. The number of allylic oxidation sites excluding steroid dienone is 3. The third-order valence-corrected chi connectivity index (χ3v) is 1.87. The van der Waals surface area contributed by atoms with Gasteiger partial charge in [0.25, 0.3) is 0 Å². The molecule has 0 aromatic rings. The van der Waals surface area contributed by atoms with Gasteiger partial charge in [-0.15, -0.1) is 0 Å². The lowest BCUT2D eigenvalue weighted by atomic mass is 10.1. The SMILES string of the molecule is COC1=N\C(C)=C/CC/C=C\1C. The Labute approximate surface area is 73.6 Å². The van der Waals surface area contributed by atoms with Gasteiger partial charge in [-0.3, -0.25) is 0 Å². The maximum atomic E-state index is 5.15. The van der Waals surface area contributed by atoms with Gasteiger partial charge in [0.05, 0.1) is 7.11 Å². The molecule has 0 fully saturated rings. The lowest BCUT2D eigenvalue weighted by Gasteiger charge is -2.07. The van der Waals surface area contributed by atoms with Gasteiger partial charge < -0.3 is 4.74 Å². The number of rotatable bonds is 0. The Bertz CT molecular complexity index is 249. The molecule has 0 N–H and O–H groups in total. The van der Waals surface area contributed by atoms with E-state index in [-0.39, 0.29) is 0 Å². The number of hydrogen-bond donors (Lipinski definition) is 0. The Morgan fingerprint density at radius 3 is 2.58 bits per heavy atom. The number of nitrogens with zero attached hydrogens (tertiary/aromatic N) is 1. The molecule has 0 saturated carbocycles. The van der Waals surface area contributed by atoms with Gasteiger partial charge >= 0.3 is 0 Å². The van der Waals surface area contributed by atoms with Gasteiger partial charge in [-0.2, -0.15) is 0 Å². The highest BCUT2D eigenvalue weighted by Crippen LogP contribution is 2.11. The van der Waals surface area contributed by atoms with Crippen molar-refractivity contribution >= 4 is 5.90 Å². The van der Waals surface area contributed by atoms with Gasteiger partial charge in [-0.1, -0.05) is 12.2 Å². The summed E-state index contributed by atoms with van der Waals surface area (Å²) in [4.78, 5) is 4.32. The summed E-state index contributed by atoms with van der Waals surface area (Å²) in [5, 5.41) is 0. The van der Waals surface area contributed by atoms with E-state index in [9.17, 15) is 0 Å². The molecule has 1 aliphatic heterocycles. The monoisotopic (exact) mass is 165 g/mol. The summed E-state index contributed by atoms with van der Waals surface area (Å²) in [6, 6.07) is 0. The van der Waals surface area contributed by atoms with Crippen molar-refractivity contribution < 1.29 is 4.74 Å². The minimum absolute atomic E-state index is 0.739. The van der Waals surface area contributed by atoms with Gasteiger partial charge in [0.2, 0.25) is 5.90 Å². The fourth-order valence-corrected chi connectivity index (χ4v) is 1.18. The van der Waals surface area contributed by atoms with Gasteiger partial charge in [0, 0.05) is 11.3 Å². The van der Waals surface area contributed by atoms with Crippen molar-refractivity contribution in [1.29, 1.82) is 0 Å². The summed E-state index contributed by atoms with van der Waals surface area (Å²) >= 11 is 0. The van der Waals surface area contributed by atoms with E-state index >= 15 is 0 Å². The second-order valence-electron chi connectivity index (χ2n) is 2.93. The molecule has 0 aromatic heterocycles. The molecule has 0 unspecified atom stereocenters. The zero-order valence-electron chi connectivity index (χ0n) is 7.92. The van der Waals surface area contributed by atoms with Gasteiger partial charge in [-0.05, 0) is 26.7 Å². The third kappa shape index (κ3) is 2.22. The van der Waals surface area contributed by atoms with Crippen LogP contribution in [0.2, 0.25) is 0 Å². The quantitative estimate of drug-likeness (QED) is 0.540. The van der Waals surface area contributed by atoms with E-state index in [2.05, 4.69) is 17.1 Å². The van der Waals surface area contributed by atoms with Gasteiger partial charge in [0.15, 0.2) is 0 Å². The molecule has 0 radical (unpaired) electrons. The van der Waals surface area contributed by atoms with Crippen LogP contribution < -0.4 is 0 Å². The second kappa shape index (κ2) is 4.10. The van der Waals surface area contributed by atoms with E-state index in [1.807, 2.05) is 13.8 Å². The lowest BCUT2D eigenvalue weighted by molar-refractivity contribution is 0.402. The van der Waals surface area contributed by atoms with E-state index in [1.54, 1.807) is 7.11 Å². The molecule has 2 nitrogen and oxygen atoms in total. The molecular formula is C10H15NO. The minimum atomic E-state index is 0.739. The molecule has 1 aliphatic rings. The maximum absolute atomic E-state index is 5.15. The molecule has 0 spiro atoms. The molecule has 0 amide bonds. The molecular weight excluding hydrogens is 150 g/mol. The summed E-state index contributed by atoms with van der Waals surface area (Å²) in [6.07, 6.45) is 6.43. The van der Waals surface area contributed by atoms with Crippen LogP contribution in [0.4, 0.5) is 0 Å². The first-order chi connectivity index (χ1) is 5.74. The largest absolute Gasteiger partial charge is 0.481 e. The van der Waals surface area contributed by atoms with Crippen LogP contribution >= 0.6 is 0 Å². The molecule has 1 rings (SSSR count). The molecule has 1 heterocycles. The highest BCUT2D eigenvalue weighted by atomic mass is 16.5. The van der Waals surface area contributed by atoms with Crippen LogP contribution in [0.3, 0.4) is 0 Å². The fraction of sp³-hybridized carbons (Fsp3) is 0.500. The van der Waals surface area contributed by atoms with Crippen molar-refractivity contribution in [2.75, 3.05) is 7.11 Å². The van der Waals surface area contributed by atoms with E-state index in [0.29, 0.717) is 0 Å². The highest BCUT2D eigenvalue weighted by Gasteiger charge is 2.03. The Kier molecular flexibility index (Phi) is 3.09. The van der Waals surface area contributed by atoms with Crippen molar-refractivity contribution in [3.8, 4) is 0 Å². The summed E-state index contributed by atoms with van der Waals surface area (Å²) in [6.45, 7) is 4.03. The topological polar surface area (TPSA) is 21.6 Å². The Morgan fingerprint density at radius 2 is 1.92 bits per heavy atom. The number of aliphatic imine (C=N–C) groups is 1. The first kappa shape index (κ1) is 9.04. The van der Waals surface area contributed by atoms with Crippen LogP contribution in [-0.2, 0) is 4.74 Å². The van der Waals surface area contributed by atoms with E-state index in [1.165, 1.54) is 0 Å². The number of methoxy groups -OCH3 is 1. The number of hydrogen-bond acceptors (Lipinski definition) is 2. The van der Waals surface area contributed by atoms with E-state index < -0.39 is 0 Å². The van der Waals surface area contributed by atoms with Crippen LogP contribution in [0.25, 0.3) is 0 Å². The second-order valence-corrected chi connectivity index (χ2v) is 2.93. The summed E-state index contributed by atoms with van der Waals surface area (Å²) in [7, 11) is 1.66. The first-order valence-electron chi connectivity index (χ1n) is 4.20. The van der Waals surface area contributed by atoms with Gasteiger partial charge in [-0.25, -0.2) is 4.99 Å². The Hall–Kier alpha value is -1.05. The van der Waals surface area contributed by atoms with Crippen LogP contribution in [-0.4, -0.2) is 13.0 Å². The number of ether oxygens (including phenoxy) is 1. The predicted molar refractivity (Wildman–Crippen MR) is 51.2 cm³/mol. The zero-order valence-corrected chi connectivity index (χ0v) is 7.92. The highest BCUT2D eigenvalue weighted by molar-refractivity contribution is 5.93. The van der Waals surface area contributed by atoms with Crippen LogP contribution in [0.5, 0.6) is 0 Å². The van der Waals surface area contributed by atoms with Crippen LogP contribution in [0.1, 0.15) is 26.7 Å². The molecule has 0 atom stereocenters. The average molecular weight is 165 g/mol. The van der Waals surface area contributed by atoms with E-state index in [4.69, 9.17) is 4.74 Å². The third-order valence-electron chi connectivity index (χ3n) is 1.87. The standard InChI is InChI=1S/C10H15NO/c1-8-6-4-5-7-9(2)11-10(8)12-3/h6-7H,4-5H2,1-3H3/b8-6-,9-7-,11-10-. The average Bonchev–Trinajstić information content (AvgIpc) is 2.05. The summed E-state index contributed by atoms with van der Waals surface area (Å²) in [5.41, 5.74) is 2.17. The predicted octanol–water partition coefficient (Wildman–Crippen LogP) is 2.68. The van der Waals surface area contributed by atoms with Crippen molar-refractivity contribution in [1.82, 2.24) is 0 Å². The Morgan fingerprint density at radius 1 is 1.25 bits per heavy atom. The molecule has 0 saturated heterocycles. The molecule has 0 aliphatic carbocycles. The molecule has 66 valence electrons. The Balaban J connectivity index is 2.93. The van der Waals surface area contributed by atoms with Crippen molar-refractivity contribution in [3.05, 3.63) is 23.4 Å². The smallest absolute Gasteiger partial charge is 0.215 e. The fourth-order valence-electron chi connectivity index (χ4n) is 1.18. The maximum Gasteiger partial charge on any atom is 0.215 e. The van der Waals surface area contributed by atoms with Gasteiger partial charge in [0.1, 0.15) is 0 Å². The van der Waals surface area contributed by atoms with E-state index in [0.717, 1.165) is 30.0 Å². The van der Waals surface area contributed by atoms with Crippen LogP contribution in [0, 0.1) is 0 Å². The molecule has 0 aromatic carbocycles. The normalized spacial score (nSPS) is 31.4. The van der Waals surface area contributed by atoms with Crippen molar-refractivity contribution in [2.24, 2.45) is 4.99 Å². The lowest BCUT2D eigenvalue weighted by Crippen LogP contribution is -2.04. The summed E-state index contributed by atoms with van der Waals surface area (Å²) in [5.74, 6) is 0.739. The molecule has 2 heteroatoms. The molecule has 12 heavy (non-hydrogen) atoms. The first-order valence-corrected chi connectivity index (χ1v) is 4.20.